The Morgan fingerprint density at radius 3 is 2.92 bits per heavy atom. The van der Waals surface area contributed by atoms with Gasteiger partial charge < -0.3 is 9.64 Å². The maximum atomic E-state index is 12.5. The molecule has 0 spiro atoms. The zero-order chi connectivity index (χ0) is 17.8. The van der Waals surface area contributed by atoms with Crippen LogP contribution in [-0.2, 0) is 20.9 Å². The van der Waals surface area contributed by atoms with Gasteiger partial charge in [0.05, 0.1) is 7.11 Å². The molecule has 1 aromatic rings. The summed E-state index contributed by atoms with van der Waals surface area (Å²) < 4.78 is 4.74. The molecule has 0 aromatic heterocycles. The minimum absolute atomic E-state index is 0.0646. The Bertz CT molecular complexity index is 692. The molecule has 2 heterocycles. The number of rotatable bonds is 6. The van der Waals surface area contributed by atoms with Crippen molar-refractivity contribution in [2.75, 3.05) is 12.9 Å². The van der Waals surface area contributed by atoms with Crippen LogP contribution in [0.2, 0.25) is 0 Å². The fourth-order valence-corrected chi connectivity index (χ4v) is 5.37. The third kappa shape index (κ3) is 3.75. The molecule has 2 aliphatic rings. The van der Waals surface area contributed by atoms with Gasteiger partial charge in [-0.1, -0.05) is 35.4 Å². The van der Waals surface area contributed by atoms with E-state index in [2.05, 4.69) is 10.0 Å². The molecule has 0 saturated carbocycles. The van der Waals surface area contributed by atoms with E-state index < -0.39 is 12.0 Å². The molecule has 4 atom stereocenters. The molecule has 3 rings (SSSR count). The molecule has 0 N–H and O–H groups in total. The highest BCUT2D eigenvalue weighted by Crippen LogP contribution is 2.44. The van der Waals surface area contributed by atoms with Gasteiger partial charge in [-0.2, -0.15) is 11.8 Å². The van der Waals surface area contributed by atoms with Crippen molar-refractivity contribution in [1.82, 2.24) is 4.90 Å². The quantitative estimate of drug-likeness (QED) is 0.337. The fourth-order valence-electron chi connectivity index (χ4n) is 3.68. The highest BCUT2D eigenvalue weighted by atomic mass is 32.2. The van der Waals surface area contributed by atoms with Crippen LogP contribution < -0.4 is 0 Å². The van der Waals surface area contributed by atoms with Gasteiger partial charge in [0.25, 0.3) is 0 Å². The fraction of sp³-hybridized carbons (Fsp3) is 0.529. The van der Waals surface area contributed by atoms with Crippen molar-refractivity contribution in [3.05, 3.63) is 46.3 Å². The molecular formula is C17H20N4O3S. The summed E-state index contributed by atoms with van der Waals surface area (Å²) in [5, 5.41) is 3.65. The van der Waals surface area contributed by atoms with E-state index in [1.807, 2.05) is 35.2 Å². The second-order valence-electron chi connectivity index (χ2n) is 6.31. The Balaban J connectivity index is 1.76. The molecule has 25 heavy (non-hydrogen) atoms. The van der Waals surface area contributed by atoms with Crippen molar-refractivity contribution in [3.63, 3.8) is 0 Å². The molecule has 0 aliphatic carbocycles. The third-order valence-corrected chi connectivity index (χ3v) is 6.34. The van der Waals surface area contributed by atoms with Gasteiger partial charge in [0, 0.05) is 29.2 Å². The smallest absolute Gasteiger partial charge is 0.314 e. The second kappa shape index (κ2) is 7.80. The monoisotopic (exact) mass is 360 g/mol. The van der Waals surface area contributed by atoms with Crippen molar-refractivity contribution in [2.45, 2.75) is 36.7 Å². The Kier molecular flexibility index (Phi) is 5.50. The number of ether oxygens (including phenoxy) is 1. The van der Waals surface area contributed by atoms with Crippen molar-refractivity contribution >= 4 is 23.6 Å². The third-order valence-electron chi connectivity index (χ3n) is 4.82. The molecule has 7 nitrogen and oxygen atoms in total. The van der Waals surface area contributed by atoms with Crippen molar-refractivity contribution in [2.24, 2.45) is 11.0 Å². The summed E-state index contributed by atoms with van der Waals surface area (Å²) in [6.07, 6.45) is 0.937. The number of azide groups is 1. The lowest BCUT2D eigenvalue weighted by Gasteiger charge is -2.30. The zero-order valence-corrected chi connectivity index (χ0v) is 14.8. The van der Waals surface area contributed by atoms with E-state index in [4.69, 9.17) is 10.3 Å². The summed E-state index contributed by atoms with van der Waals surface area (Å²) in [4.78, 5) is 29.0. The van der Waals surface area contributed by atoms with E-state index in [-0.39, 0.29) is 23.1 Å². The summed E-state index contributed by atoms with van der Waals surface area (Å²) in [7, 11) is 1.29. The Morgan fingerprint density at radius 2 is 2.24 bits per heavy atom. The predicted molar refractivity (Wildman–Crippen MR) is 94.7 cm³/mol. The molecule has 1 unspecified atom stereocenters. The van der Waals surface area contributed by atoms with Crippen LogP contribution in [0.5, 0.6) is 0 Å². The number of carbonyl (C=O) groups excluding carboxylic acids is 2. The minimum atomic E-state index is -0.847. The maximum absolute atomic E-state index is 12.5. The van der Waals surface area contributed by atoms with Gasteiger partial charge in [-0.05, 0) is 29.2 Å². The molecule has 0 radical (unpaired) electrons. The molecule has 2 fully saturated rings. The van der Waals surface area contributed by atoms with E-state index in [9.17, 15) is 9.59 Å². The molecule has 1 amide bonds. The van der Waals surface area contributed by atoms with Crippen LogP contribution in [0.3, 0.4) is 0 Å². The number of nitrogens with zero attached hydrogens (tertiary/aromatic N) is 4. The number of benzene rings is 1. The van der Waals surface area contributed by atoms with Crippen molar-refractivity contribution in [1.29, 1.82) is 0 Å². The standard InChI is InChI=1S/C17H20N4O3S/c1-24-17(23)13(19-20-18)8-14-16-12(10-25-14)7-15(22)21(16)9-11-5-3-2-4-6-11/h2-6,12-14,16H,7-10H2,1H3/t12-,13?,14-,16-/m0/s1. The number of hydrogen-bond acceptors (Lipinski definition) is 5. The van der Waals surface area contributed by atoms with Gasteiger partial charge >= 0.3 is 5.97 Å². The van der Waals surface area contributed by atoms with Crippen molar-refractivity contribution < 1.29 is 14.3 Å². The van der Waals surface area contributed by atoms with E-state index in [1.165, 1.54) is 7.11 Å². The SMILES string of the molecule is COC(=O)C(C[C@@H]1SC[C@@H]2CC(=O)N(Cc3ccccc3)[C@@H]21)N=[N+]=[N-]. The predicted octanol–water partition coefficient (Wildman–Crippen LogP) is 2.76. The topological polar surface area (TPSA) is 95.4 Å². The largest absolute Gasteiger partial charge is 0.469 e. The first-order chi connectivity index (χ1) is 12.1. The van der Waals surface area contributed by atoms with Crippen LogP contribution in [-0.4, -0.2) is 47.0 Å². The maximum Gasteiger partial charge on any atom is 0.314 e. The lowest BCUT2D eigenvalue weighted by atomic mass is 9.96. The number of hydrogen-bond donors (Lipinski definition) is 0. The van der Waals surface area contributed by atoms with Gasteiger partial charge in [0.1, 0.15) is 6.04 Å². The van der Waals surface area contributed by atoms with Crippen LogP contribution in [0.15, 0.2) is 35.4 Å². The average Bonchev–Trinajstić information content (AvgIpc) is 3.15. The normalized spacial score (nSPS) is 26.0. The highest BCUT2D eigenvalue weighted by Gasteiger charge is 2.49. The van der Waals surface area contributed by atoms with E-state index >= 15 is 0 Å². The number of amides is 1. The summed E-state index contributed by atoms with van der Waals surface area (Å²) in [5.41, 5.74) is 9.80. The summed E-state index contributed by atoms with van der Waals surface area (Å²) >= 11 is 1.75. The lowest BCUT2D eigenvalue weighted by Crippen LogP contribution is -2.41. The summed E-state index contributed by atoms with van der Waals surface area (Å²) in [6, 6.07) is 9.11. The lowest BCUT2D eigenvalue weighted by molar-refractivity contribution is -0.142. The van der Waals surface area contributed by atoms with Crippen LogP contribution in [0.4, 0.5) is 0 Å². The molecule has 1 aromatic carbocycles. The molecule has 0 bridgehead atoms. The number of esters is 1. The van der Waals surface area contributed by atoms with Crippen molar-refractivity contribution in [3.8, 4) is 0 Å². The molecule has 132 valence electrons. The van der Waals surface area contributed by atoms with Crippen LogP contribution in [0.25, 0.3) is 10.4 Å². The van der Waals surface area contributed by atoms with Crippen LogP contribution in [0, 0.1) is 5.92 Å². The first kappa shape index (κ1) is 17.6. The van der Waals surface area contributed by atoms with Crippen LogP contribution in [0.1, 0.15) is 18.4 Å². The zero-order valence-electron chi connectivity index (χ0n) is 13.9. The van der Waals surface area contributed by atoms with Gasteiger partial charge in [-0.15, -0.1) is 0 Å². The average molecular weight is 360 g/mol. The second-order valence-corrected chi connectivity index (χ2v) is 7.59. The molecule has 8 heteroatoms. The highest BCUT2D eigenvalue weighted by molar-refractivity contribution is 8.00. The Morgan fingerprint density at radius 1 is 1.48 bits per heavy atom. The van der Waals surface area contributed by atoms with Gasteiger partial charge in [0.15, 0.2) is 0 Å². The van der Waals surface area contributed by atoms with Crippen LogP contribution >= 0.6 is 11.8 Å². The van der Waals surface area contributed by atoms with E-state index in [0.29, 0.717) is 19.4 Å². The van der Waals surface area contributed by atoms with Gasteiger partial charge in [0.2, 0.25) is 5.91 Å². The van der Waals surface area contributed by atoms with E-state index in [1.54, 1.807) is 11.8 Å². The number of fused-ring (bicyclic) bond motifs is 1. The van der Waals surface area contributed by atoms with E-state index in [0.717, 1.165) is 11.3 Å². The number of likely N-dealkylation sites (tertiary alicyclic amines) is 1. The summed E-state index contributed by atoms with van der Waals surface area (Å²) in [6.45, 7) is 0.572. The van der Waals surface area contributed by atoms with Gasteiger partial charge in [-0.25, -0.2) is 0 Å². The Hall–Kier alpha value is -2.18. The number of methoxy groups -OCH3 is 1. The summed E-state index contributed by atoms with van der Waals surface area (Å²) in [5.74, 6) is 0.801. The molecular weight excluding hydrogens is 340 g/mol. The number of carbonyl (C=O) groups is 2. The first-order valence-corrected chi connectivity index (χ1v) is 9.26. The molecule has 2 aliphatic heterocycles. The van der Waals surface area contributed by atoms with Gasteiger partial charge in [-0.3, -0.25) is 9.59 Å². The Labute approximate surface area is 150 Å². The first-order valence-electron chi connectivity index (χ1n) is 8.21. The minimum Gasteiger partial charge on any atom is -0.469 e. The number of thioether (sulfide) groups is 1. The molecule has 2 saturated heterocycles.